The Balaban J connectivity index is 4.65. The zero-order valence-corrected chi connectivity index (χ0v) is 10.5. The zero-order valence-electron chi connectivity index (χ0n) is 10.5. The number of carboxylic acid groups (broad SMARTS) is 1. The Kier molecular flexibility index (Phi) is 6.77. The van der Waals surface area contributed by atoms with Gasteiger partial charge in [-0.25, -0.2) is 0 Å². The van der Waals surface area contributed by atoms with Gasteiger partial charge in [0.1, 0.15) is 0 Å². The predicted octanol–water partition coefficient (Wildman–Crippen LogP) is 2.47. The molecule has 1 N–H and O–H groups in total. The van der Waals surface area contributed by atoms with E-state index < -0.39 is 17.9 Å². The summed E-state index contributed by atoms with van der Waals surface area (Å²) in [4.78, 5) is 22.8. The molecule has 0 saturated carbocycles. The van der Waals surface area contributed by atoms with Crippen LogP contribution in [-0.4, -0.2) is 23.1 Å². The Morgan fingerprint density at radius 2 is 1.62 bits per heavy atom. The fourth-order valence-electron chi connectivity index (χ4n) is 1.61. The summed E-state index contributed by atoms with van der Waals surface area (Å²) in [6.07, 6.45) is 1.82. The minimum atomic E-state index is -1.08. The van der Waals surface area contributed by atoms with E-state index in [4.69, 9.17) is 9.84 Å². The van der Waals surface area contributed by atoms with Crippen molar-refractivity contribution in [3.63, 3.8) is 0 Å². The number of ether oxygens (including phenoxy) is 1. The highest BCUT2D eigenvalue weighted by Crippen LogP contribution is 2.22. The number of carbonyl (C=O) groups excluding carboxylic acids is 1. The SMILES string of the molecule is CCC(C)OC(=O)C(C(=O)O)C(CC)CC. The quantitative estimate of drug-likeness (QED) is 0.539. The molecule has 16 heavy (non-hydrogen) atoms. The summed E-state index contributed by atoms with van der Waals surface area (Å²) >= 11 is 0. The smallest absolute Gasteiger partial charge is 0.320 e. The van der Waals surface area contributed by atoms with Crippen molar-refractivity contribution in [1.29, 1.82) is 0 Å². The maximum absolute atomic E-state index is 11.7. The third-order valence-electron chi connectivity index (χ3n) is 2.93. The van der Waals surface area contributed by atoms with Gasteiger partial charge in [-0.1, -0.05) is 33.6 Å². The molecule has 2 atom stereocenters. The molecule has 2 unspecified atom stereocenters. The first-order chi connectivity index (χ1) is 7.47. The van der Waals surface area contributed by atoms with Crippen LogP contribution >= 0.6 is 0 Å². The Morgan fingerprint density at radius 1 is 1.12 bits per heavy atom. The molecule has 0 fully saturated rings. The van der Waals surface area contributed by atoms with E-state index in [-0.39, 0.29) is 12.0 Å². The molecule has 0 bridgehead atoms. The number of rotatable bonds is 7. The second-order valence-electron chi connectivity index (χ2n) is 4.05. The number of carboxylic acids is 1. The molecule has 94 valence electrons. The first kappa shape index (κ1) is 14.9. The van der Waals surface area contributed by atoms with E-state index in [0.717, 1.165) is 0 Å². The lowest BCUT2D eigenvalue weighted by Gasteiger charge is -2.21. The fourth-order valence-corrected chi connectivity index (χ4v) is 1.61. The molecule has 0 saturated heterocycles. The molecule has 0 rings (SSSR count). The van der Waals surface area contributed by atoms with E-state index in [0.29, 0.717) is 19.3 Å². The highest BCUT2D eigenvalue weighted by Gasteiger charge is 2.34. The van der Waals surface area contributed by atoms with Crippen molar-refractivity contribution in [2.75, 3.05) is 0 Å². The average molecular weight is 230 g/mol. The molecule has 0 amide bonds. The lowest BCUT2D eigenvalue weighted by Crippen LogP contribution is -2.34. The Hall–Kier alpha value is -1.06. The molecule has 4 heteroatoms. The summed E-state index contributed by atoms with van der Waals surface area (Å²) in [7, 11) is 0. The van der Waals surface area contributed by atoms with Gasteiger partial charge in [-0.05, 0) is 19.3 Å². The van der Waals surface area contributed by atoms with Gasteiger partial charge in [0.2, 0.25) is 0 Å². The topological polar surface area (TPSA) is 63.6 Å². The van der Waals surface area contributed by atoms with Crippen LogP contribution in [0.25, 0.3) is 0 Å². The summed E-state index contributed by atoms with van der Waals surface area (Å²) in [5.41, 5.74) is 0. The van der Waals surface area contributed by atoms with Crippen LogP contribution in [0.2, 0.25) is 0 Å². The summed E-state index contributed by atoms with van der Waals surface area (Å²) in [6, 6.07) is 0. The maximum Gasteiger partial charge on any atom is 0.320 e. The van der Waals surface area contributed by atoms with Gasteiger partial charge in [-0.15, -0.1) is 0 Å². The number of esters is 1. The molecule has 4 nitrogen and oxygen atoms in total. The summed E-state index contributed by atoms with van der Waals surface area (Å²) < 4.78 is 5.09. The second kappa shape index (κ2) is 7.25. The van der Waals surface area contributed by atoms with E-state index >= 15 is 0 Å². The second-order valence-corrected chi connectivity index (χ2v) is 4.05. The third kappa shape index (κ3) is 4.21. The lowest BCUT2D eigenvalue weighted by atomic mass is 9.88. The average Bonchev–Trinajstić information content (AvgIpc) is 2.24. The van der Waals surface area contributed by atoms with Gasteiger partial charge in [0, 0.05) is 0 Å². The van der Waals surface area contributed by atoms with Gasteiger partial charge >= 0.3 is 11.9 Å². The van der Waals surface area contributed by atoms with Crippen LogP contribution in [0, 0.1) is 11.8 Å². The van der Waals surface area contributed by atoms with Gasteiger partial charge in [-0.3, -0.25) is 9.59 Å². The summed E-state index contributed by atoms with van der Waals surface area (Å²) in [6.45, 7) is 7.44. The van der Waals surface area contributed by atoms with Crippen LogP contribution in [0.5, 0.6) is 0 Å². The normalized spacial score (nSPS) is 14.6. The molecule has 0 radical (unpaired) electrons. The van der Waals surface area contributed by atoms with E-state index in [2.05, 4.69) is 0 Å². The Labute approximate surface area is 97.0 Å². The molecule has 0 aliphatic carbocycles. The molecule has 0 aromatic heterocycles. The Morgan fingerprint density at radius 3 is 1.94 bits per heavy atom. The first-order valence-electron chi connectivity index (χ1n) is 5.91. The van der Waals surface area contributed by atoms with Crippen molar-refractivity contribution < 1.29 is 19.4 Å². The highest BCUT2D eigenvalue weighted by molar-refractivity contribution is 5.94. The van der Waals surface area contributed by atoms with E-state index in [1.54, 1.807) is 6.92 Å². The minimum Gasteiger partial charge on any atom is -0.481 e. The number of carbonyl (C=O) groups is 2. The number of hydrogen-bond acceptors (Lipinski definition) is 3. The molecule has 0 heterocycles. The largest absolute Gasteiger partial charge is 0.481 e. The van der Waals surface area contributed by atoms with Crippen LogP contribution in [0.15, 0.2) is 0 Å². The van der Waals surface area contributed by atoms with Crippen molar-refractivity contribution in [2.24, 2.45) is 11.8 Å². The maximum atomic E-state index is 11.7. The van der Waals surface area contributed by atoms with Gasteiger partial charge in [0.15, 0.2) is 5.92 Å². The van der Waals surface area contributed by atoms with Crippen LogP contribution in [0.4, 0.5) is 0 Å². The zero-order chi connectivity index (χ0) is 12.7. The van der Waals surface area contributed by atoms with Crippen molar-refractivity contribution in [3.05, 3.63) is 0 Å². The van der Waals surface area contributed by atoms with Gasteiger partial charge in [-0.2, -0.15) is 0 Å². The number of aliphatic carboxylic acids is 1. The summed E-state index contributed by atoms with van der Waals surface area (Å²) in [5.74, 6) is -2.85. The lowest BCUT2D eigenvalue weighted by molar-refractivity contribution is -0.164. The van der Waals surface area contributed by atoms with Crippen LogP contribution < -0.4 is 0 Å². The molecular weight excluding hydrogens is 208 g/mol. The monoisotopic (exact) mass is 230 g/mol. The minimum absolute atomic E-state index is 0.144. The van der Waals surface area contributed by atoms with Gasteiger partial charge < -0.3 is 9.84 Å². The van der Waals surface area contributed by atoms with Crippen molar-refractivity contribution in [3.8, 4) is 0 Å². The van der Waals surface area contributed by atoms with Crippen molar-refractivity contribution in [2.45, 2.75) is 53.1 Å². The molecular formula is C12H22O4. The molecule has 0 spiro atoms. The number of hydrogen-bond donors (Lipinski definition) is 1. The first-order valence-corrected chi connectivity index (χ1v) is 5.91. The van der Waals surface area contributed by atoms with Crippen LogP contribution in [0.3, 0.4) is 0 Å². The molecule has 0 aliphatic heterocycles. The van der Waals surface area contributed by atoms with Crippen LogP contribution in [-0.2, 0) is 14.3 Å². The fraction of sp³-hybridized carbons (Fsp3) is 0.833. The molecule has 0 aromatic carbocycles. The third-order valence-corrected chi connectivity index (χ3v) is 2.93. The highest BCUT2D eigenvalue weighted by atomic mass is 16.5. The Bertz CT molecular complexity index is 233. The predicted molar refractivity (Wildman–Crippen MR) is 61.0 cm³/mol. The standard InChI is InChI=1S/C12H22O4/c1-5-8(4)16-12(15)10(11(13)14)9(6-2)7-3/h8-10H,5-7H2,1-4H3,(H,13,14). The van der Waals surface area contributed by atoms with Gasteiger partial charge in [0.05, 0.1) is 6.10 Å². The van der Waals surface area contributed by atoms with Crippen LogP contribution in [0.1, 0.15) is 47.0 Å². The molecule has 0 aliphatic rings. The van der Waals surface area contributed by atoms with E-state index in [9.17, 15) is 9.59 Å². The van der Waals surface area contributed by atoms with E-state index in [1.807, 2.05) is 20.8 Å². The molecule has 0 aromatic rings. The van der Waals surface area contributed by atoms with E-state index in [1.165, 1.54) is 0 Å². The van der Waals surface area contributed by atoms with Crippen molar-refractivity contribution >= 4 is 11.9 Å². The van der Waals surface area contributed by atoms with Crippen molar-refractivity contribution in [1.82, 2.24) is 0 Å². The van der Waals surface area contributed by atoms with Gasteiger partial charge in [0.25, 0.3) is 0 Å². The summed E-state index contributed by atoms with van der Waals surface area (Å²) in [5, 5.41) is 9.06.